The molecule has 84 valence electrons. The molecule has 0 aliphatic carbocycles. The second-order valence-corrected chi connectivity index (χ2v) is 3.59. The van der Waals surface area contributed by atoms with Gasteiger partial charge in [-0.1, -0.05) is 11.6 Å². The average Bonchev–Trinajstić information content (AvgIpc) is 2.11. The lowest BCUT2D eigenvalue weighted by Gasteiger charge is -2.17. The summed E-state index contributed by atoms with van der Waals surface area (Å²) in [6.07, 6.45) is -4.45. The molecule has 0 aliphatic rings. The van der Waals surface area contributed by atoms with Gasteiger partial charge in [0.2, 0.25) is 0 Å². The molecule has 0 saturated carbocycles. The molecule has 0 atom stereocenters. The first-order chi connectivity index (χ1) is 6.79. The van der Waals surface area contributed by atoms with E-state index in [1.165, 1.54) is 20.1 Å². The summed E-state index contributed by atoms with van der Waals surface area (Å²) in [5.74, 6) is -0.193. The van der Waals surface area contributed by atoms with Crippen molar-refractivity contribution in [3.05, 3.63) is 27.8 Å². The molecule has 1 nitrogen and oxygen atoms in total. The van der Waals surface area contributed by atoms with Crippen LogP contribution < -0.4 is 4.74 Å². The topological polar surface area (TPSA) is 9.23 Å². The second kappa shape index (κ2) is 3.93. The van der Waals surface area contributed by atoms with Gasteiger partial charge >= 0.3 is 6.18 Å². The van der Waals surface area contributed by atoms with Crippen LogP contribution in [0.2, 0.25) is 5.02 Å². The Morgan fingerprint density at radius 2 is 1.80 bits per heavy atom. The molecule has 1 rings (SSSR count). The fraction of sp³-hybridized carbons (Fsp3) is 0.400. The van der Waals surface area contributed by atoms with Crippen molar-refractivity contribution in [2.75, 3.05) is 7.11 Å². The average molecular weight is 239 g/mol. The normalized spacial score (nSPS) is 11.7. The van der Waals surface area contributed by atoms with Crippen molar-refractivity contribution in [1.82, 2.24) is 0 Å². The smallest absolute Gasteiger partial charge is 0.420 e. The highest BCUT2D eigenvalue weighted by atomic mass is 35.5. The molecular formula is C10H10ClF3O. The summed E-state index contributed by atoms with van der Waals surface area (Å²) in [5.41, 5.74) is -0.236. The van der Waals surface area contributed by atoms with E-state index in [1.54, 1.807) is 6.92 Å². The molecule has 0 aromatic heterocycles. The molecule has 0 saturated heterocycles. The van der Waals surface area contributed by atoms with E-state index < -0.39 is 11.7 Å². The van der Waals surface area contributed by atoms with Crippen molar-refractivity contribution in [2.24, 2.45) is 0 Å². The van der Waals surface area contributed by atoms with Gasteiger partial charge in [-0.3, -0.25) is 0 Å². The summed E-state index contributed by atoms with van der Waals surface area (Å²) in [6, 6.07) is 1.29. The molecule has 0 amide bonds. The van der Waals surface area contributed by atoms with Crippen molar-refractivity contribution in [3.8, 4) is 5.75 Å². The zero-order valence-corrected chi connectivity index (χ0v) is 9.25. The van der Waals surface area contributed by atoms with Crippen molar-refractivity contribution in [2.45, 2.75) is 20.0 Å². The molecule has 5 heteroatoms. The Morgan fingerprint density at radius 1 is 1.27 bits per heavy atom. The molecule has 0 spiro atoms. The molecule has 0 N–H and O–H groups in total. The van der Waals surface area contributed by atoms with Crippen LogP contribution in [0.15, 0.2) is 6.07 Å². The lowest BCUT2D eigenvalue weighted by molar-refractivity contribution is -0.139. The Labute approximate surface area is 90.8 Å². The SMILES string of the molecule is COc1cc(C)c(Cl)c(C)c1C(F)(F)F. The summed E-state index contributed by atoms with van der Waals surface area (Å²) in [5, 5.41) is 0.128. The van der Waals surface area contributed by atoms with E-state index in [4.69, 9.17) is 16.3 Å². The van der Waals surface area contributed by atoms with Crippen molar-refractivity contribution < 1.29 is 17.9 Å². The van der Waals surface area contributed by atoms with E-state index in [9.17, 15) is 13.2 Å². The van der Waals surface area contributed by atoms with E-state index in [0.29, 0.717) is 5.56 Å². The van der Waals surface area contributed by atoms with E-state index in [2.05, 4.69) is 0 Å². The van der Waals surface area contributed by atoms with Crippen LogP contribution in [0.3, 0.4) is 0 Å². The first-order valence-electron chi connectivity index (χ1n) is 4.20. The van der Waals surface area contributed by atoms with Crippen LogP contribution in [-0.2, 0) is 6.18 Å². The number of methoxy groups -OCH3 is 1. The standard InChI is InChI=1S/C10H10ClF3O/c1-5-4-7(15-3)8(10(12,13)14)6(2)9(5)11/h4H,1-3H3. The highest BCUT2D eigenvalue weighted by Crippen LogP contribution is 2.42. The zero-order valence-electron chi connectivity index (χ0n) is 8.50. The van der Waals surface area contributed by atoms with Gasteiger partial charge in [-0.25, -0.2) is 0 Å². The summed E-state index contributed by atoms with van der Waals surface area (Å²) in [7, 11) is 1.21. The predicted molar refractivity (Wildman–Crippen MR) is 52.5 cm³/mol. The van der Waals surface area contributed by atoms with Gasteiger partial charge in [0.15, 0.2) is 0 Å². The maximum Gasteiger partial charge on any atom is 0.420 e. The third-order valence-electron chi connectivity index (χ3n) is 2.15. The van der Waals surface area contributed by atoms with Crippen molar-refractivity contribution in [1.29, 1.82) is 0 Å². The Kier molecular flexibility index (Phi) is 3.19. The maximum atomic E-state index is 12.7. The fourth-order valence-corrected chi connectivity index (χ4v) is 1.58. The van der Waals surface area contributed by atoms with Gasteiger partial charge in [0.1, 0.15) is 11.3 Å². The third-order valence-corrected chi connectivity index (χ3v) is 2.73. The molecular weight excluding hydrogens is 229 g/mol. The van der Waals surface area contributed by atoms with Gasteiger partial charge in [0.25, 0.3) is 0 Å². The fourth-order valence-electron chi connectivity index (χ4n) is 1.44. The van der Waals surface area contributed by atoms with E-state index in [0.717, 1.165) is 0 Å². The molecule has 15 heavy (non-hydrogen) atoms. The van der Waals surface area contributed by atoms with Crippen LogP contribution in [0.1, 0.15) is 16.7 Å². The summed E-state index contributed by atoms with van der Waals surface area (Å²) >= 11 is 5.76. The number of benzene rings is 1. The van der Waals surface area contributed by atoms with Crippen molar-refractivity contribution >= 4 is 11.6 Å². The van der Waals surface area contributed by atoms with Gasteiger partial charge in [-0.05, 0) is 31.0 Å². The molecule has 1 aromatic rings. The van der Waals surface area contributed by atoms with E-state index in [1.807, 2.05) is 0 Å². The first kappa shape index (κ1) is 12.2. The molecule has 0 bridgehead atoms. The van der Waals surface area contributed by atoms with Crippen LogP contribution in [0, 0.1) is 13.8 Å². The van der Waals surface area contributed by atoms with Crippen LogP contribution >= 0.6 is 11.6 Å². The van der Waals surface area contributed by atoms with E-state index in [-0.39, 0.29) is 16.3 Å². The minimum atomic E-state index is -4.45. The number of ether oxygens (including phenoxy) is 1. The molecule has 0 fully saturated rings. The Bertz CT molecular complexity index is 385. The van der Waals surface area contributed by atoms with Crippen LogP contribution in [0.5, 0.6) is 5.75 Å². The van der Waals surface area contributed by atoms with Crippen LogP contribution in [0.25, 0.3) is 0 Å². The number of alkyl halides is 3. The number of rotatable bonds is 1. The lowest BCUT2D eigenvalue weighted by Crippen LogP contribution is -2.10. The highest BCUT2D eigenvalue weighted by Gasteiger charge is 2.37. The van der Waals surface area contributed by atoms with E-state index >= 15 is 0 Å². The summed E-state index contributed by atoms with van der Waals surface area (Å²) < 4.78 is 42.7. The van der Waals surface area contributed by atoms with Gasteiger partial charge in [-0.15, -0.1) is 0 Å². The predicted octanol–water partition coefficient (Wildman–Crippen LogP) is 3.98. The van der Waals surface area contributed by atoms with Gasteiger partial charge in [-0.2, -0.15) is 13.2 Å². The zero-order chi connectivity index (χ0) is 11.8. The van der Waals surface area contributed by atoms with Crippen LogP contribution in [-0.4, -0.2) is 7.11 Å². The molecule has 0 radical (unpaired) electrons. The Hall–Kier alpha value is -0.900. The second-order valence-electron chi connectivity index (χ2n) is 3.21. The monoisotopic (exact) mass is 238 g/mol. The quantitative estimate of drug-likeness (QED) is 0.719. The minimum absolute atomic E-state index is 0.000941. The van der Waals surface area contributed by atoms with Gasteiger partial charge in [0.05, 0.1) is 7.11 Å². The number of hydrogen-bond donors (Lipinski definition) is 0. The largest absolute Gasteiger partial charge is 0.496 e. The maximum absolute atomic E-state index is 12.7. The van der Waals surface area contributed by atoms with Crippen molar-refractivity contribution in [3.63, 3.8) is 0 Å². The number of hydrogen-bond acceptors (Lipinski definition) is 1. The summed E-state index contributed by atoms with van der Waals surface area (Å²) in [4.78, 5) is 0. The van der Waals surface area contributed by atoms with Gasteiger partial charge < -0.3 is 4.74 Å². The molecule has 0 unspecified atom stereocenters. The molecule has 0 heterocycles. The third kappa shape index (κ3) is 2.20. The number of halogens is 4. The Morgan fingerprint density at radius 3 is 2.20 bits per heavy atom. The highest BCUT2D eigenvalue weighted by molar-refractivity contribution is 6.32. The first-order valence-corrected chi connectivity index (χ1v) is 4.57. The lowest BCUT2D eigenvalue weighted by atomic mass is 10.0. The summed E-state index contributed by atoms with van der Waals surface area (Å²) in [6.45, 7) is 2.97. The molecule has 0 aliphatic heterocycles. The van der Waals surface area contributed by atoms with Gasteiger partial charge in [0, 0.05) is 5.02 Å². The Balaban J connectivity index is 3.55. The minimum Gasteiger partial charge on any atom is -0.496 e. The number of aryl methyl sites for hydroxylation is 1. The van der Waals surface area contributed by atoms with Crippen LogP contribution in [0.4, 0.5) is 13.2 Å². The molecule has 1 aromatic carbocycles.